The number of aryl methyl sites for hydroxylation is 1. The lowest BCUT2D eigenvalue weighted by Gasteiger charge is -2.05. The highest BCUT2D eigenvalue weighted by Crippen LogP contribution is 2.28. The van der Waals surface area contributed by atoms with Gasteiger partial charge in [-0.25, -0.2) is 8.42 Å². The summed E-state index contributed by atoms with van der Waals surface area (Å²) in [5.74, 6) is -0.233. The second-order valence-corrected chi connectivity index (χ2v) is 8.90. The van der Waals surface area contributed by atoms with E-state index in [9.17, 15) is 8.42 Å². The fourth-order valence-electron chi connectivity index (χ4n) is 2.10. The monoisotopic (exact) mass is 413 g/mol. The number of halogens is 2. The zero-order valence-electron chi connectivity index (χ0n) is 13.0. The van der Waals surface area contributed by atoms with Gasteiger partial charge in [-0.2, -0.15) is 0 Å². The molecule has 0 fully saturated rings. The summed E-state index contributed by atoms with van der Waals surface area (Å²) in [6.45, 7) is 1.99. The van der Waals surface area contributed by atoms with Gasteiger partial charge in [-0.05, 0) is 24.6 Å². The normalized spacial score (nSPS) is 11.5. The van der Waals surface area contributed by atoms with Crippen molar-refractivity contribution < 1.29 is 8.42 Å². The van der Waals surface area contributed by atoms with Crippen molar-refractivity contribution >= 4 is 49.7 Å². The standard InChI is InChI=1S/C16H13Cl2N3O2S2/c1-10-2-5-12(6-3-10)15-19-20-16(24-15)21-25(22,23)9-11-4-7-13(17)14(18)8-11/h2-8H,9H2,1H3,(H,20,21). The van der Waals surface area contributed by atoms with Gasteiger partial charge in [0, 0.05) is 5.56 Å². The molecule has 0 atom stereocenters. The molecule has 130 valence electrons. The molecule has 1 aromatic heterocycles. The second-order valence-electron chi connectivity index (χ2n) is 5.39. The number of hydrogen-bond acceptors (Lipinski definition) is 5. The Labute approximate surface area is 159 Å². The average molecular weight is 414 g/mol. The first-order valence-corrected chi connectivity index (χ1v) is 10.4. The fourth-order valence-corrected chi connectivity index (χ4v) is 4.56. The molecule has 0 aliphatic heterocycles. The van der Waals surface area contributed by atoms with Crippen molar-refractivity contribution in [3.8, 4) is 10.6 Å². The lowest BCUT2D eigenvalue weighted by molar-refractivity contribution is 0.600. The third-order valence-corrected chi connectivity index (χ3v) is 6.28. The van der Waals surface area contributed by atoms with E-state index in [1.807, 2.05) is 31.2 Å². The van der Waals surface area contributed by atoms with Crippen molar-refractivity contribution in [2.75, 3.05) is 4.72 Å². The van der Waals surface area contributed by atoms with E-state index in [0.29, 0.717) is 20.6 Å². The quantitative estimate of drug-likeness (QED) is 0.653. The first-order chi connectivity index (χ1) is 11.8. The number of anilines is 1. The van der Waals surface area contributed by atoms with Gasteiger partial charge in [0.15, 0.2) is 0 Å². The number of aromatic nitrogens is 2. The minimum Gasteiger partial charge on any atom is -0.257 e. The number of benzene rings is 2. The highest BCUT2D eigenvalue weighted by atomic mass is 35.5. The van der Waals surface area contributed by atoms with E-state index < -0.39 is 10.0 Å². The number of rotatable bonds is 5. The van der Waals surface area contributed by atoms with Gasteiger partial charge in [-0.1, -0.05) is 70.4 Å². The summed E-state index contributed by atoms with van der Waals surface area (Å²) in [5.41, 5.74) is 2.55. The summed E-state index contributed by atoms with van der Waals surface area (Å²) in [4.78, 5) is 0. The van der Waals surface area contributed by atoms with Crippen molar-refractivity contribution in [1.82, 2.24) is 10.2 Å². The second kappa shape index (κ2) is 7.29. The number of sulfonamides is 1. The van der Waals surface area contributed by atoms with Gasteiger partial charge in [0.2, 0.25) is 15.2 Å². The fraction of sp³-hybridized carbons (Fsp3) is 0.125. The van der Waals surface area contributed by atoms with Crippen LogP contribution in [-0.2, 0) is 15.8 Å². The maximum atomic E-state index is 12.3. The molecule has 0 aliphatic rings. The first-order valence-electron chi connectivity index (χ1n) is 7.17. The molecule has 0 unspecified atom stereocenters. The van der Waals surface area contributed by atoms with Crippen molar-refractivity contribution in [2.45, 2.75) is 12.7 Å². The zero-order chi connectivity index (χ0) is 18.0. The molecule has 9 heteroatoms. The smallest absolute Gasteiger partial charge is 0.238 e. The van der Waals surface area contributed by atoms with E-state index in [2.05, 4.69) is 14.9 Å². The van der Waals surface area contributed by atoms with E-state index in [4.69, 9.17) is 23.2 Å². The van der Waals surface area contributed by atoms with Crippen LogP contribution in [0.2, 0.25) is 10.0 Å². The van der Waals surface area contributed by atoms with E-state index in [0.717, 1.165) is 11.1 Å². The SMILES string of the molecule is Cc1ccc(-c2nnc(NS(=O)(=O)Cc3ccc(Cl)c(Cl)c3)s2)cc1. The molecule has 0 saturated carbocycles. The highest BCUT2D eigenvalue weighted by molar-refractivity contribution is 7.92. The Morgan fingerprint density at radius 3 is 2.44 bits per heavy atom. The van der Waals surface area contributed by atoms with Crippen LogP contribution in [0.3, 0.4) is 0 Å². The van der Waals surface area contributed by atoms with Crippen LogP contribution in [0.15, 0.2) is 42.5 Å². The Bertz CT molecular complexity index is 1000. The van der Waals surface area contributed by atoms with Crippen molar-refractivity contribution in [3.05, 3.63) is 63.6 Å². The third kappa shape index (κ3) is 4.70. The predicted molar refractivity (Wildman–Crippen MR) is 103 cm³/mol. The Kier molecular flexibility index (Phi) is 5.29. The molecule has 3 aromatic rings. The van der Waals surface area contributed by atoms with Gasteiger partial charge in [0.1, 0.15) is 5.01 Å². The van der Waals surface area contributed by atoms with E-state index >= 15 is 0 Å². The Morgan fingerprint density at radius 2 is 1.76 bits per heavy atom. The molecule has 3 rings (SSSR count). The molecule has 1 N–H and O–H groups in total. The van der Waals surface area contributed by atoms with Crippen LogP contribution in [0.4, 0.5) is 5.13 Å². The average Bonchev–Trinajstić information content (AvgIpc) is 2.99. The van der Waals surface area contributed by atoms with Crippen LogP contribution in [0, 0.1) is 6.92 Å². The van der Waals surface area contributed by atoms with Crippen LogP contribution in [-0.4, -0.2) is 18.6 Å². The van der Waals surface area contributed by atoms with Crippen molar-refractivity contribution in [2.24, 2.45) is 0 Å². The number of hydrogen-bond donors (Lipinski definition) is 1. The van der Waals surface area contributed by atoms with E-state index in [-0.39, 0.29) is 10.9 Å². The summed E-state index contributed by atoms with van der Waals surface area (Å²) in [6.07, 6.45) is 0. The largest absolute Gasteiger partial charge is 0.257 e. The highest BCUT2D eigenvalue weighted by Gasteiger charge is 2.16. The van der Waals surface area contributed by atoms with Gasteiger partial charge in [-0.3, -0.25) is 4.72 Å². The van der Waals surface area contributed by atoms with Gasteiger partial charge in [-0.15, -0.1) is 10.2 Å². The summed E-state index contributed by atoms with van der Waals surface area (Å²) in [7, 11) is -3.64. The molecule has 0 radical (unpaired) electrons. The zero-order valence-corrected chi connectivity index (χ0v) is 16.2. The molecule has 2 aromatic carbocycles. The van der Waals surface area contributed by atoms with Gasteiger partial charge < -0.3 is 0 Å². The molecular weight excluding hydrogens is 401 g/mol. The van der Waals surface area contributed by atoms with Gasteiger partial charge >= 0.3 is 0 Å². The van der Waals surface area contributed by atoms with Crippen LogP contribution in [0.1, 0.15) is 11.1 Å². The minimum atomic E-state index is -3.64. The first kappa shape index (κ1) is 18.1. The van der Waals surface area contributed by atoms with E-state index in [1.165, 1.54) is 17.4 Å². The van der Waals surface area contributed by atoms with Gasteiger partial charge in [0.05, 0.1) is 15.8 Å². The molecule has 0 bridgehead atoms. The molecule has 0 saturated heterocycles. The van der Waals surface area contributed by atoms with Crippen molar-refractivity contribution in [3.63, 3.8) is 0 Å². The Hall–Kier alpha value is -1.67. The third-order valence-electron chi connectivity index (χ3n) is 3.31. The molecule has 5 nitrogen and oxygen atoms in total. The lowest BCUT2D eigenvalue weighted by Crippen LogP contribution is -2.14. The summed E-state index contributed by atoms with van der Waals surface area (Å²) < 4.78 is 27.1. The summed E-state index contributed by atoms with van der Waals surface area (Å²) >= 11 is 12.9. The molecule has 25 heavy (non-hydrogen) atoms. The van der Waals surface area contributed by atoms with Crippen LogP contribution in [0.25, 0.3) is 10.6 Å². The molecular formula is C16H13Cl2N3O2S2. The molecule has 0 amide bonds. The Balaban J connectivity index is 1.75. The number of nitrogens with zero attached hydrogens (tertiary/aromatic N) is 2. The maximum absolute atomic E-state index is 12.3. The van der Waals surface area contributed by atoms with Crippen LogP contribution in [0.5, 0.6) is 0 Å². The van der Waals surface area contributed by atoms with Crippen LogP contribution >= 0.6 is 34.5 Å². The maximum Gasteiger partial charge on any atom is 0.238 e. The minimum absolute atomic E-state index is 0.218. The molecule has 0 spiro atoms. The molecule has 0 aliphatic carbocycles. The van der Waals surface area contributed by atoms with Crippen LogP contribution < -0.4 is 4.72 Å². The lowest BCUT2D eigenvalue weighted by atomic mass is 10.2. The Morgan fingerprint density at radius 1 is 1.04 bits per heavy atom. The topological polar surface area (TPSA) is 72.0 Å². The number of nitrogens with one attached hydrogen (secondary N) is 1. The summed E-state index contributed by atoms with van der Waals surface area (Å²) in [5, 5.41) is 9.49. The van der Waals surface area contributed by atoms with E-state index in [1.54, 1.807) is 12.1 Å². The molecule has 1 heterocycles. The van der Waals surface area contributed by atoms with Crippen molar-refractivity contribution in [1.29, 1.82) is 0 Å². The van der Waals surface area contributed by atoms with Gasteiger partial charge in [0.25, 0.3) is 0 Å². The summed E-state index contributed by atoms with van der Waals surface area (Å²) in [6, 6.07) is 12.5. The predicted octanol–water partition coefficient (Wildman–Crippen LogP) is 4.76.